The van der Waals surface area contributed by atoms with E-state index in [0.29, 0.717) is 19.6 Å². The third-order valence-electron chi connectivity index (χ3n) is 7.35. The van der Waals surface area contributed by atoms with Gasteiger partial charge in [0, 0.05) is 19.0 Å². The fourth-order valence-corrected chi connectivity index (χ4v) is 5.86. The monoisotopic (exact) mass is 397 g/mol. The van der Waals surface area contributed by atoms with Gasteiger partial charge in [0.1, 0.15) is 6.04 Å². The molecule has 4 aliphatic rings. The molecule has 154 valence electrons. The SMILES string of the molecule is CC(C(=O)N1C[C@@H](CN)[C@H](c2ccccc2)C1)N1C(=O)C2C3CCC(O3)C2C1=O. The van der Waals surface area contributed by atoms with Gasteiger partial charge in [-0.2, -0.15) is 0 Å². The molecular formula is C22H27N3O4. The molecule has 1 aromatic carbocycles. The maximum absolute atomic E-state index is 13.3. The molecule has 4 heterocycles. The van der Waals surface area contributed by atoms with Crippen LogP contribution in [0.1, 0.15) is 31.2 Å². The van der Waals surface area contributed by atoms with Gasteiger partial charge < -0.3 is 15.4 Å². The van der Waals surface area contributed by atoms with Crippen LogP contribution in [0, 0.1) is 17.8 Å². The molecule has 4 saturated heterocycles. The molecule has 1 aromatic rings. The van der Waals surface area contributed by atoms with Crippen LogP contribution in [0.2, 0.25) is 0 Å². The van der Waals surface area contributed by atoms with Gasteiger partial charge >= 0.3 is 0 Å². The van der Waals surface area contributed by atoms with E-state index in [1.807, 2.05) is 18.2 Å². The van der Waals surface area contributed by atoms with E-state index in [9.17, 15) is 14.4 Å². The van der Waals surface area contributed by atoms with Crippen molar-refractivity contribution in [1.82, 2.24) is 9.80 Å². The van der Waals surface area contributed by atoms with Gasteiger partial charge in [0.15, 0.2) is 0 Å². The second-order valence-corrected chi connectivity index (χ2v) is 8.82. The Kier molecular flexibility index (Phi) is 4.47. The van der Waals surface area contributed by atoms with Crippen LogP contribution in [-0.4, -0.2) is 65.4 Å². The zero-order valence-corrected chi connectivity index (χ0v) is 16.6. The van der Waals surface area contributed by atoms with Crippen molar-refractivity contribution in [3.8, 4) is 0 Å². The summed E-state index contributed by atoms with van der Waals surface area (Å²) in [4.78, 5) is 42.2. The lowest BCUT2D eigenvalue weighted by atomic mass is 9.81. The number of benzene rings is 1. The van der Waals surface area contributed by atoms with E-state index in [4.69, 9.17) is 10.5 Å². The minimum atomic E-state index is -0.784. The lowest BCUT2D eigenvalue weighted by molar-refractivity contribution is -0.152. The number of carbonyl (C=O) groups is 3. The van der Waals surface area contributed by atoms with E-state index in [1.165, 1.54) is 10.5 Å². The van der Waals surface area contributed by atoms with E-state index in [0.717, 1.165) is 12.8 Å². The van der Waals surface area contributed by atoms with Crippen molar-refractivity contribution >= 4 is 17.7 Å². The third-order valence-corrected chi connectivity index (χ3v) is 7.35. The molecule has 4 aliphatic heterocycles. The van der Waals surface area contributed by atoms with Crippen LogP contribution in [0.4, 0.5) is 0 Å². The second-order valence-electron chi connectivity index (χ2n) is 8.82. The number of hydrogen-bond donors (Lipinski definition) is 1. The van der Waals surface area contributed by atoms with Crippen molar-refractivity contribution in [2.75, 3.05) is 19.6 Å². The first-order valence-electron chi connectivity index (χ1n) is 10.6. The standard InChI is InChI=1S/C22H27N3O4/c1-12(25-21(27)18-16-7-8-17(29-16)19(18)22(25)28)20(26)24-10-14(9-23)15(11-24)13-5-3-2-4-6-13/h2-6,12,14-19H,7-11,23H2,1H3/t12?,14-,15+,16?,17?,18?,19?/m1/s1. The lowest BCUT2D eigenvalue weighted by Gasteiger charge is -2.28. The van der Waals surface area contributed by atoms with Crippen LogP contribution in [0.15, 0.2) is 30.3 Å². The molecule has 4 fully saturated rings. The Morgan fingerprint density at radius 2 is 1.72 bits per heavy atom. The summed E-state index contributed by atoms with van der Waals surface area (Å²) in [7, 11) is 0. The normalized spacial score (nSPS) is 36.8. The lowest BCUT2D eigenvalue weighted by Crippen LogP contribution is -2.50. The molecular weight excluding hydrogens is 370 g/mol. The van der Waals surface area contributed by atoms with Gasteiger partial charge in [-0.1, -0.05) is 30.3 Å². The molecule has 3 amide bonds. The minimum absolute atomic E-state index is 0.162. The molecule has 7 nitrogen and oxygen atoms in total. The predicted molar refractivity (Wildman–Crippen MR) is 104 cm³/mol. The van der Waals surface area contributed by atoms with Crippen LogP contribution in [0.5, 0.6) is 0 Å². The van der Waals surface area contributed by atoms with E-state index < -0.39 is 17.9 Å². The largest absolute Gasteiger partial charge is 0.373 e. The predicted octanol–water partition coefficient (Wildman–Crippen LogP) is 0.738. The number of carbonyl (C=O) groups excluding carboxylic acids is 3. The molecule has 0 aliphatic carbocycles. The van der Waals surface area contributed by atoms with Gasteiger partial charge in [0.2, 0.25) is 17.7 Å². The van der Waals surface area contributed by atoms with Crippen molar-refractivity contribution in [3.63, 3.8) is 0 Å². The topological polar surface area (TPSA) is 92.9 Å². The van der Waals surface area contributed by atoms with E-state index in [2.05, 4.69) is 12.1 Å². The highest BCUT2D eigenvalue weighted by Gasteiger charge is 2.63. The number of nitrogens with zero attached hydrogens (tertiary/aromatic N) is 2. The summed E-state index contributed by atoms with van der Waals surface area (Å²) in [5, 5.41) is 0. The number of ether oxygens (including phenoxy) is 1. The van der Waals surface area contributed by atoms with E-state index in [1.54, 1.807) is 11.8 Å². The van der Waals surface area contributed by atoms with Crippen LogP contribution < -0.4 is 5.73 Å². The highest BCUT2D eigenvalue weighted by Crippen LogP contribution is 2.49. The van der Waals surface area contributed by atoms with Crippen molar-refractivity contribution in [2.24, 2.45) is 23.5 Å². The van der Waals surface area contributed by atoms with Crippen molar-refractivity contribution in [1.29, 1.82) is 0 Å². The van der Waals surface area contributed by atoms with Gasteiger partial charge in [-0.05, 0) is 37.8 Å². The fraction of sp³-hybridized carbons (Fsp3) is 0.591. The molecule has 7 atom stereocenters. The quantitative estimate of drug-likeness (QED) is 0.757. The molecule has 2 bridgehead atoms. The molecule has 2 N–H and O–H groups in total. The fourth-order valence-electron chi connectivity index (χ4n) is 5.86. The Hall–Kier alpha value is -2.25. The summed E-state index contributed by atoms with van der Waals surface area (Å²) in [6, 6.07) is 9.30. The number of likely N-dealkylation sites (tertiary alicyclic amines) is 2. The third kappa shape index (κ3) is 2.74. The van der Waals surface area contributed by atoms with Crippen LogP contribution in [0.3, 0.4) is 0 Å². The molecule has 0 spiro atoms. The van der Waals surface area contributed by atoms with Crippen LogP contribution in [-0.2, 0) is 19.1 Å². The number of nitrogens with two attached hydrogens (primary N) is 1. The Labute approximate surface area is 170 Å². The van der Waals surface area contributed by atoms with Gasteiger partial charge in [0.05, 0.1) is 24.0 Å². The van der Waals surface area contributed by atoms with Gasteiger partial charge in [-0.3, -0.25) is 19.3 Å². The maximum atomic E-state index is 13.3. The van der Waals surface area contributed by atoms with E-state index in [-0.39, 0.29) is 41.8 Å². The minimum Gasteiger partial charge on any atom is -0.373 e. The van der Waals surface area contributed by atoms with Crippen molar-refractivity contribution in [2.45, 2.75) is 43.9 Å². The summed E-state index contributed by atoms with van der Waals surface area (Å²) in [6.07, 6.45) is 1.32. The number of rotatable bonds is 4. The first kappa shape index (κ1) is 18.8. The summed E-state index contributed by atoms with van der Waals surface area (Å²) in [5.41, 5.74) is 7.16. The first-order valence-corrected chi connectivity index (χ1v) is 10.6. The summed E-state index contributed by atoms with van der Waals surface area (Å²) in [6.45, 7) is 3.28. The first-order chi connectivity index (χ1) is 14.0. The zero-order valence-electron chi connectivity index (χ0n) is 16.6. The van der Waals surface area contributed by atoms with Crippen LogP contribution in [0.25, 0.3) is 0 Å². The average molecular weight is 397 g/mol. The summed E-state index contributed by atoms with van der Waals surface area (Å²) in [5.74, 6) is -1.10. The molecule has 0 saturated carbocycles. The Balaban J connectivity index is 1.33. The van der Waals surface area contributed by atoms with E-state index >= 15 is 0 Å². The molecule has 5 rings (SSSR count). The highest BCUT2D eigenvalue weighted by molar-refractivity contribution is 6.09. The van der Waals surface area contributed by atoms with Gasteiger partial charge in [0.25, 0.3) is 0 Å². The number of fused-ring (bicyclic) bond motifs is 5. The summed E-state index contributed by atoms with van der Waals surface area (Å²) < 4.78 is 5.78. The van der Waals surface area contributed by atoms with Gasteiger partial charge in [-0.15, -0.1) is 0 Å². The Morgan fingerprint density at radius 3 is 2.31 bits per heavy atom. The van der Waals surface area contributed by atoms with Crippen molar-refractivity contribution < 1.29 is 19.1 Å². The number of amides is 3. The summed E-state index contributed by atoms with van der Waals surface area (Å²) >= 11 is 0. The molecule has 29 heavy (non-hydrogen) atoms. The zero-order chi connectivity index (χ0) is 20.3. The second kappa shape index (κ2) is 6.92. The maximum Gasteiger partial charge on any atom is 0.245 e. The molecule has 7 heteroatoms. The average Bonchev–Trinajstić information content (AvgIpc) is 3.50. The molecule has 0 aromatic heterocycles. The Morgan fingerprint density at radius 1 is 1.10 bits per heavy atom. The molecule has 5 unspecified atom stereocenters. The van der Waals surface area contributed by atoms with Crippen molar-refractivity contribution in [3.05, 3.63) is 35.9 Å². The van der Waals surface area contributed by atoms with Crippen LogP contribution >= 0.6 is 0 Å². The smallest absolute Gasteiger partial charge is 0.245 e. The Bertz CT molecular complexity index is 816. The number of hydrogen-bond acceptors (Lipinski definition) is 5. The van der Waals surface area contributed by atoms with Gasteiger partial charge in [-0.25, -0.2) is 0 Å². The number of imide groups is 1. The highest BCUT2D eigenvalue weighted by atomic mass is 16.5. The molecule has 0 radical (unpaired) electrons.